The SMILES string of the molecule is N=Cc1cc(Cl)c(N2CCCC2)cc1Nc1cnn(C2CC2)c1. The maximum absolute atomic E-state index is 7.65. The van der Waals surface area contributed by atoms with Gasteiger partial charge in [0.15, 0.2) is 0 Å². The van der Waals surface area contributed by atoms with Crippen LogP contribution in [0.2, 0.25) is 5.02 Å². The number of rotatable bonds is 5. The highest BCUT2D eigenvalue weighted by molar-refractivity contribution is 6.33. The van der Waals surface area contributed by atoms with Crippen LogP contribution in [0.15, 0.2) is 24.5 Å². The molecular formula is C17H20ClN5. The highest BCUT2D eigenvalue weighted by Crippen LogP contribution is 2.36. The molecule has 2 N–H and O–H groups in total. The second-order valence-corrected chi connectivity index (χ2v) is 6.70. The van der Waals surface area contributed by atoms with Crippen LogP contribution in [-0.4, -0.2) is 29.1 Å². The van der Waals surface area contributed by atoms with Gasteiger partial charge in [-0.15, -0.1) is 0 Å². The zero-order valence-corrected chi connectivity index (χ0v) is 13.7. The van der Waals surface area contributed by atoms with E-state index in [0.29, 0.717) is 11.1 Å². The van der Waals surface area contributed by atoms with Gasteiger partial charge in [0.05, 0.1) is 28.6 Å². The van der Waals surface area contributed by atoms with Crippen LogP contribution in [-0.2, 0) is 0 Å². The lowest BCUT2D eigenvalue weighted by molar-refractivity contribution is 0.642. The van der Waals surface area contributed by atoms with Crippen molar-refractivity contribution in [1.29, 1.82) is 5.41 Å². The minimum atomic E-state index is 0.568. The number of nitrogens with one attached hydrogen (secondary N) is 2. The maximum atomic E-state index is 7.65. The van der Waals surface area contributed by atoms with E-state index in [0.717, 1.165) is 35.7 Å². The van der Waals surface area contributed by atoms with Crippen LogP contribution in [0.25, 0.3) is 0 Å². The van der Waals surface area contributed by atoms with E-state index < -0.39 is 0 Å². The van der Waals surface area contributed by atoms with Crippen molar-refractivity contribution in [2.24, 2.45) is 0 Å². The Morgan fingerprint density at radius 1 is 1.26 bits per heavy atom. The molecule has 23 heavy (non-hydrogen) atoms. The molecule has 0 bridgehead atoms. The zero-order valence-electron chi connectivity index (χ0n) is 12.9. The van der Waals surface area contributed by atoms with Gasteiger partial charge in [-0.25, -0.2) is 0 Å². The molecule has 6 heteroatoms. The van der Waals surface area contributed by atoms with Gasteiger partial charge in [0.1, 0.15) is 0 Å². The predicted octanol–water partition coefficient (Wildman–Crippen LogP) is 4.21. The molecule has 120 valence electrons. The fourth-order valence-corrected chi connectivity index (χ4v) is 3.39. The summed E-state index contributed by atoms with van der Waals surface area (Å²) >= 11 is 6.43. The molecule has 1 aliphatic carbocycles. The Morgan fingerprint density at radius 3 is 2.74 bits per heavy atom. The van der Waals surface area contributed by atoms with Crippen LogP contribution in [0.1, 0.15) is 37.3 Å². The van der Waals surface area contributed by atoms with Crippen molar-refractivity contribution in [3.05, 3.63) is 35.1 Å². The topological polar surface area (TPSA) is 56.9 Å². The summed E-state index contributed by atoms with van der Waals surface area (Å²) in [4.78, 5) is 2.31. The lowest BCUT2D eigenvalue weighted by atomic mass is 10.1. The predicted molar refractivity (Wildman–Crippen MR) is 94.6 cm³/mol. The Hall–Kier alpha value is -2.01. The van der Waals surface area contributed by atoms with Gasteiger partial charge in [-0.3, -0.25) is 4.68 Å². The molecule has 1 saturated carbocycles. The second kappa shape index (κ2) is 5.89. The maximum Gasteiger partial charge on any atom is 0.0770 e. The first kappa shape index (κ1) is 14.6. The van der Waals surface area contributed by atoms with Crippen LogP contribution in [0, 0.1) is 5.41 Å². The summed E-state index contributed by atoms with van der Waals surface area (Å²) in [7, 11) is 0. The van der Waals surface area contributed by atoms with Crippen LogP contribution >= 0.6 is 11.6 Å². The van der Waals surface area contributed by atoms with E-state index in [2.05, 4.69) is 21.4 Å². The molecule has 5 nitrogen and oxygen atoms in total. The van der Waals surface area contributed by atoms with Crippen molar-refractivity contribution in [3.8, 4) is 0 Å². The third-order valence-electron chi connectivity index (χ3n) is 4.52. The summed E-state index contributed by atoms with van der Waals surface area (Å²) in [6, 6.07) is 4.50. The second-order valence-electron chi connectivity index (χ2n) is 6.29. The fraction of sp³-hybridized carbons (Fsp3) is 0.412. The summed E-state index contributed by atoms with van der Waals surface area (Å²) < 4.78 is 2.02. The Kier molecular flexibility index (Phi) is 3.73. The molecule has 0 spiro atoms. The number of aromatic nitrogens is 2. The third-order valence-corrected chi connectivity index (χ3v) is 4.83. The van der Waals surface area contributed by atoms with E-state index in [-0.39, 0.29) is 0 Å². The monoisotopic (exact) mass is 329 g/mol. The molecule has 0 unspecified atom stereocenters. The number of hydrogen-bond donors (Lipinski definition) is 2. The summed E-state index contributed by atoms with van der Waals surface area (Å²) in [5.74, 6) is 0. The Morgan fingerprint density at radius 2 is 2.04 bits per heavy atom. The molecule has 1 aliphatic heterocycles. The first-order valence-corrected chi connectivity index (χ1v) is 8.52. The lowest BCUT2D eigenvalue weighted by Gasteiger charge is -2.21. The standard InChI is InChI=1S/C17H20ClN5/c18-15-7-12(9-19)16(8-17(15)22-5-1-2-6-22)21-13-10-20-23(11-13)14-3-4-14/h7-11,14,19,21H,1-6H2. The molecule has 2 aromatic rings. The van der Waals surface area contributed by atoms with Gasteiger partial charge in [0, 0.05) is 36.8 Å². The van der Waals surface area contributed by atoms with Crippen molar-refractivity contribution in [1.82, 2.24) is 9.78 Å². The zero-order chi connectivity index (χ0) is 15.8. The molecule has 1 saturated heterocycles. The van der Waals surface area contributed by atoms with E-state index >= 15 is 0 Å². The molecule has 0 amide bonds. The van der Waals surface area contributed by atoms with Crippen LogP contribution < -0.4 is 10.2 Å². The van der Waals surface area contributed by atoms with Gasteiger partial charge in [0.25, 0.3) is 0 Å². The lowest BCUT2D eigenvalue weighted by Crippen LogP contribution is -2.18. The average molecular weight is 330 g/mol. The van der Waals surface area contributed by atoms with Crippen molar-refractivity contribution < 1.29 is 0 Å². The number of anilines is 3. The summed E-state index contributed by atoms with van der Waals surface area (Å²) in [6.07, 6.45) is 10.1. The van der Waals surface area contributed by atoms with Gasteiger partial charge in [-0.1, -0.05) is 11.6 Å². The highest BCUT2D eigenvalue weighted by atomic mass is 35.5. The molecule has 2 fully saturated rings. The van der Waals surface area contributed by atoms with Crippen LogP contribution in [0.3, 0.4) is 0 Å². The van der Waals surface area contributed by atoms with Gasteiger partial charge in [0.2, 0.25) is 0 Å². The van der Waals surface area contributed by atoms with Crippen LogP contribution in [0.4, 0.5) is 17.1 Å². The Bertz CT molecular complexity index is 729. The van der Waals surface area contributed by atoms with E-state index in [1.165, 1.54) is 31.9 Å². The molecule has 1 aromatic carbocycles. The van der Waals surface area contributed by atoms with E-state index in [1.54, 1.807) is 0 Å². The number of halogens is 1. The van der Waals surface area contributed by atoms with Crippen LogP contribution in [0.5, 0.6) is 0 Å². The number of hydrogen-bond acceptors (Lipinski definition) is 4. The Balaban J connectivity index is 1.64. The van der Waals surface area contributed by atoms with Gasteiger partial charge >= 0.3 is 0 Å². The third kappa shape index (κ3) is 2.93. The quantitative estimate of drug-likeness (QED) is 0.808. The normalized spacial score (nSPS) is 17.5. The van der Waals surface area contributed by atoms with Crippen molar-refractivity contribution in [2.75, 3.05) is 23.3 Å². The van der Waals surface area contributed by atoms with E-state index in [4.69, 9.17) is 17.0 Å². The molecule has 0 radical (unpaired) electrons. The number of benzene rings is 1. The molecular weight excluding hydrogens is 310 g/mol. The summed E-state index contributed by atoms with van der Waals surface area (Å²) in [6.45, 7) is 2.09. The molecule has 1 aromatic heterocycles. The van der Waals surface area contributed by atoms with Gasteiger partial charge < -0.3 is 15.6 Å². The van der Waals surface area contributed by atoms with E-state index in [9.17, 15) is 0 Å². The molecule has 2 aliphatic rings. The van der Waals surface area contributed by atoms with Crippen molar-refractivity contribution in [3.63, 3.8) is 0 Å². The smallest absolute Gasteiger partial charge is 0.0770 e. The Labute approximate surface area is 140 Å². The fourth-order valence-electron chi connectivity index (χ4n) is 3.10. The summed E-state index contributed by atoms with van der Waals surface area (Å²) in [5.41, 5.74) is 3.69. The average Bonchev–Trinajstić information content (AvgIpc) is 3.07. The molecule has 2 heterocycles. The molecule has 0 atom stereocenters. The highest BCUT2D eigenvalue weighted by Gasteiger charge is 2.24. The van der Waals surface area contributed by atoms with Crippen molar-refractivity contribution in [2.45, 2.75) is 31.7 Å². The minimum absolute atomic E-state index is 0.568. The van der Waals surface area contributed by atoms with E-state index in [1.807, 2.05) is 23.1 Å². The van der Waals surface area contributed by atoms with Gasteiger partial charge in [-0.2, -0.15) is 5.10 Å². The minimum Gasteiger partial charge on any atom is -0.370 e. The first-order chi connectivity index (χ1) is 11.2. The van der Waals surface area contributed by atoms with Crippen molar-refractivity contribution >= 4 is 34.9 Å². The van der Waals surface area contributed by atoms with Gasteiger partial charge in [-0.05, 0) is 37.8 Å². The number of nitrogens with zero attached hydrogens (tertiary/aromatic N) is 3. The largest absolute Gasteiger partial charge is 0.370 e. The molecule has 4 rings (SSSR count). The first-order valence-electron chi connectivity index (χ1n) is 8.15. The summed E-state index contributed by atoms with van der Waals surface area (Å²) in [5, 5.41) is 16.2.